The summed E-state index contributed by atoms with van der Waals surface area (Å²) in [6.45, 7) is 4.56. The minimum atomic E-state index is -0.879. The molecule has 0 aromatic heterocycles. The number of amides is 1. The monoisotopic (exact) mass is 677 g/mol. The first-order valence-electron chi connectivity index (χ1n) is 16.3. The molecule has 12 heteroatoms. The van der Waals surface area contributed by atoms with E-state index in [0.29, 0.717) is 46.6 Å². The van der Waals surface area contributed by atoms with E-state index in [4.69, 9.17) is 33.5 Å². The van der Waals surface area contributed by atoms with Gasteiger partial charge in [-0.3, -0.25) is 9.59 Å². The number of nitrogens with one attached hydrogen (secondary N) is 1. The number of hydrogen-bond acceptors (Lipinski definition) is 10. The van der Waals surface area contributed by atoms with Crippen LogP contribution in [-0.4, -0.2) is 73.8 Å². The lowest BCUT2D eigenvalue weighted by Crippen LogP contribution is -2.42. The summed E-state index contributed by atoms with van der Waals surface area (Å²) in [4.78, 5) is 48.4. The van der Waals surface area contributed by atoms with Crippen molar-refractivity contribution in [3.63, 3.8) is 0 Å². The predicted octanol–water partition coefficient (Wildman–Crippen LogP) is 5.57. The van der Waals surface area contributed by atoms with Crippen LogP contribution >= 0.6 is 0 Å². The molecule has 3 aromatic carbocycles. The predicted molar refractivity (Wildman–Crippen MR) is 178 cm³/mol. The molecule has 4 unspecified atom stereocenters. The molecule has 1 amide bonds. The summed E-state index contributed by atoms with van der Waals surface area (Å²) < 4.78 is 34.0. The van der Waals surface area contributed by atoms with E-state index in [1.807, 2.05) is 6.07 Å². The third-order valence-electron chi connectivity index (χ3n) is 7.63. The number of carboxylic acid groups (broad SMARTS) is 1. The Balaban J connectivity index is 0.000000383. The molecular formula is C37H43NO11. The van der Waals surface area contributed by atoms with Gasteiger partial charge in [0.05, 0.1) is 35.9 Å². The fourth-order valence-electron chi connectivity index (χ4n) is 5.29. The van der Waals surface area contributed by atoms with Crippen LogP contribution in [0.2, 0.25) is 0 Å². The number of benzene rings is 3. The molecule has 3 aliphatic heterocycles. The van der Waals surface area contributed by atoms with Crippen molar-refractivity contribution in [3.8, 4) is 11.5 Å². The number of ketones is 1. The average Bonchev–Trinajstić information content (AvgIpc) is 3.59. The number of fused-ring (bicyclic) bond motifs is 2. The Morgan fingerprint density at radius 1 is 0.878 bits per heavy atom. The number of carbonyl (C=O) groups is 4. The van der Waals surface area contributed by atoms with Crippen LogP contribution in [0.25, 0.3) is 0 Å². The summed E-state index contributed by atoms with van der Waals surface area (Å²) in [6, 6.07) is 20.4. The first kappa shape index (κ1) is 37.0. The van der Waals surface area contributed by atoms with Crippen molar-refractivity contribution in [1.29, 1.82) is 0 Å². The molecule has 0 saturated carbocycles. The van der Waals surface area contributed by atoms with Crippen LogP contribution in [0, 0.1) is 0 Å². The van der Waals surface area contributed by atoms with E-state index in [9.17, 15) is 19.2 Å². The number of methoxy groups -OCH3 is 1. The Kier molecular flexibility index (Phi) is 14.1. The van der Waals surface area contributed by atoms with E-state index in [1.54, 1.807) is 73.8 Å². The molecule has 1 saturated heterocycles. The molecule has 3 aromatic rings. The van der Waals surface area contributed by atoms with E-state index >= 15 is 0 Å². The highest BCUT2D eigenvalue weighted by atomic mass is 16.7. The van der Waals surface area contributed by atoms with Gasteiger partial charge in [-0.1, -0.05) is 56.7 Å². The number of aromatic carboxylic acids is 1. The van der Waals surface area contributed by atoms with Crippen molar-refractivity contribution in [2.24, 2.45) is 0 Å². The smallest absolute Gasteiger partial charge is 0.338 e. The second-order valence-corrected chi connectivity index (χ2v) is 11.6. The molecule has 3 heterocycles. The number of hydrogen-bond donors (Lipinski definition) is 2. The molecule has 0 spiro atoms. The Hall–Kier alpha value is -4.78. The quantitative estimate of drug-likeness (QED) is 0.302. The Morgan fingerprint density at radius 3 is 2.12 bits per heavy atom. The lowest BCUT2D eigenvalue weighted by Gasteiger charge is -2.35. The SMILES string of the molecule is CCC.COC1CC(COC(=O)c2ccccc2)OC(OC2CC(=O)NCc3cc4c(cc3C(=O)C2)OCO4)C1.O=C(O)c1ccccc1. The van der Waals surface area contributed by atoms with E-state index in [-0.39, 0.29) is 50.6 Å². The molecule has 2 N–H and O–H groups in total. The van der Waals surface area contributed by atoms with Crippen LogP contribution in [0.4, 0.5) is 0 Å². The molecule has 1 fully saturated rings. The van der Waals surface area contributed by atoms with Crippen LogP contribution in [0.5, 0.6) is 11.5 Å². The van der Waals surface area contributed by atoms with Crippen molar-refractivity contribution in [2.75, 3.05) is 20.5 Å². The molecule has 0 bridgehead atoms. The molecule has 3 aliphatic rings. The molecule has 6 rings (SSSR count). The van der Waals surface area contributed by atoms with Gasteiger partial charge in [-0.15, -0.1) is 0 Å². The lowest BCUT2D eigenvalue weighted by molar-refractivity contribution is -0.240. The van der Waals surface area contributed by atoms with Crippen LogP contribution in [-0.2, 0) is 30.3 Å². The summed E-state index contributed by atoms with van der Waals surface area (Å²) in [5.74, 6) is -0.678. The molecular weight excluding hydrogens is 634 g/mol. The number of Topliss-reactive ketones (excluding diaryl/α,β-unsaturated/α-hetero) is 1. The van der Waals surface area contributed by atoms with Gasteiger partial charge >= 0.3 is 11.9 Å². The maximum atomic E-state index is 13.2. The summed E-state index contributed by atoms with van der Waals surface area (Å²) in [7, 11) is 1.60. The van der Waals surface area contributed by atoms with Gasteiger partial charge in [-0.25, -0.2) is 9.59 Å². The van der Waals surface area contributed by atoms with Gasteiger partial charge in [0, 0.05) is 38.5 Å². The lowest BCUT2D eigenvalue weighted by atomic mass is 9.98. The fraction of sp³-hybridized carbons (Fsp3) is 0.405. The molecule has 0 aliphatic carbocycles. The summed E-state index contributed by atoms with van der Waals surface area (Å²) in [6.07, 6.45) is 0.0736. The van der Waals surface area contributed by atoms with Gasteiger partial charge in [0.2, 0.25) is 12.7 Å². The van der Waals surface area contributed by atoms with E-state index < -0.39 is 30.4 Å². The standard InChI is InChI=1S/C27H29NO9.C7H6O2.C3H8/c1-32-18-8-20(14-33-27(31)16-5-3-2-4-6-16)37-26(11-18)36-19-9-22(29)21-12-24-23(34-15-35-24)7-17(21)13-28-25(30)10-19;8-7(9)6-4-2-1-3-5-6;1-3-2/h2-7,12,18-20,26H,8-11,13-15H2,1H3,(H,28,30);1-5H,(H,8,9);3H2,1-2H3. The van der Waals surface area contributed by atoms with Gasteiger partial charge < -0.3 is 38.8 Å². The fourth-order valence-corrected chi connectivity index (χ4v) is 5.29. The Bertz CT molecular complexity index is 1550. The number of esters is 1. The topological polar surface area (TPSA) is 156 Å². The molecule has 4 atom stereocenters. The zero-order valence-corrected chi connectivity index (χ0v) is 27.9. The second kappa shape index (κ2) is 18.7. The minimum absolute atomic E-state index is 0.00237. The first-order valence-corrected chi connectivity index (χ1v) is 16.3. The highest BCUT2D eigenvalue weighted by Crippen LogP contribution is 2.36. The largest absolute Gasteiger partial charge is 0.478 e. The van der Waals surface area contributed by atoms with Crippen molar-refractivity contribution >= 4 is 23.6 Å². The van der Waals surface area contributed by atoms with E-state index in [2.05, 4.69) is 19.2 Å². The van der Waals surface area contributed by atoms with Crippen molar-refractivity contribution in [3.05, 3.63) is 95.1 Å². The summed E-state index contributed by atoms with van der Waals surface area (Å²) >= 11 is 0. The van der Waals surface area contributed by atoms with Crippen LogP contribution < -0.4 is 14.8 Å². The molecule has 0 radical (unpaired) electrons. The molecule has 12 nitrogen and oxygen atoms in total. The highest BCUT2D eigenvalue weighted by molar-refractivity contribution is 5.99. The zero-order valence-electron chi connectivity index (χ0n) is 27.9. The van der Waals surface area contributed by atoms with Crippen molar-refractivity contribution in [1.82, 2.24) is 5.32 Å². The summed E-state index contributed by atoms with van der Waals surface area (Å²) in [5.41, 5.74) is 1.91. The third kappa shape index (κ3) is 11.1. The Morgan fingerprint density at radius 2 is 1.51 bits per heavy atom. The van der Waals surface area contributed by atoms with Crippen LogP contribution in [0.3, 0.4) is 0 Å². The average molecular weight is 678 g/mol. The number of rotatable bonds is 7. The van der Waals surface area contributed by atoms with Crippen molar-refractivity contribution < 1.29 is 52.7 Å². The van der Waals surface area contributed by atoms with Gasteiger partial charge in [0.15, 0.2) is 23.6 Å². The summed E-state index contributed by atoms with van der Waals surface area (Å²) in [5, 5.41) is 11.2. The number of carbonyl (C=O) groups excluding carboxylic acids is 3. The van der Waals surface area contributed by atoms with Gasteiger partial charge in [0.25, 0.3) is 0 Å². The normalized spacial score (nSPS) is 21.1. The van der Waals surface area contributed by atoms with Gasteiger partial charge in [-0.2, -0.15) is 0 Å². The van der Waals surface area contributed by atoms with E-state index in [0.717, 1.165) is 0 Å². The number of carboxylic acids is 1. The van der Waals surface area contributed by atoms with Crippen LogP contribution in [0.15, 0.2) is 72.8 Å². The third-order valence-corrected chi connectivity index (χ3v) is 7.63. The second-order valence-electron chi connectivity index (χ2n) is 11.6. The maximum Gasteiger partial charge on any atom is 0.338 e. The van der Waals surface area contributed by atoms with Crippen LogP contribution in [0.1, 0.15) is 82.6 Å². The van der Waals surface area contributed by atoms with E-state index in [1.165, 1.54) is 6.42 Å². The zero-order chi connectivity index (χ0) is 35.2. The highest BCUT2D eigenvalue weighted by Gasteiger charge is 2.35. The first-order chi connectivity index (χ1) is 23.7. The Labute approximate surface area is 285 Å². The molecule has 49 heavy (non-hydrogen) atoms. The van der Waals surface area contributed by atoms with Gasteiger partial charge in [-0.05, 0) is 42.0 Å². The van der Waals surface area contributed by atoms with Crippen molar-refractivity contribution in [2.45, 2.75) is 77.1 Å². The van der Waals surface area contributed by atoms with Gasteiger partial charge in [0.1, 0.15) is 6.61 Å². The minimum Gasteiger partial charge on any atom is -0.478 e. The molecule has 262 valence electrons. The number of ether oxygens (including phenoxy) is 6. The maximum absolute atomic E-state index is 13.2.